The first-order valence-electron chi connectivity index (χ1n) is 8.86. The molecule has 144 valence electrons. The molecule has 0 spiro atoms. The summed E-state index contributed by atoms with van der Waals surface area (Å²) in [6.07, 6.45) is 2.91. The molecule has 1 aliphatic heterocycles. The molecule has 0 unspecified atom stereocenters. The summed E-state index contributed by atoms with van der Waals surface area (Å²) in [5.41, 5.74) is 2.12. The van der Waals surface area contributed by atoms with Crippen molar-refractivity contribution in [2.45, 2.75) is 38.1 Å². The molecule has 2 heterocycles. The second kappa shape index (κ2) is 7.66. The predicted molar refractivity (Wildman–Crippen MR) is 103 cm³/mol. The highest BCUT2D eigenvalue weighted by Crippen LogP contribution is 2.21. The number of rotatable bonds is 5. The number of anilines is 1. The average molecular weight is 389 g/mol. The maximum atomic E-state index is 12.7. The Balaban J connectivity index is 1.83. The summed E-state index contributed by atoms with van der Waals surface area (Å²) in [5.74, 6) is -0.384. The third kappa shape index (κ3) is 4.12. The first-order chi connectivity index (χ1) is 12.8. The van der Waals surface area contributed by atoms with E-state index >= 15 is 0 Å². The molecule has 1 fully saturated rings. The van der Waals surface area contributed by atoms with Crippen molar-refractivity contribution in [2.24, 2.45) is 0 Å². The van der Waals surface area contributed by atoms with Gasteiger partial charge in [-0.2, -0.15) is 4.31 Å². The van der Waals surface area contributed by atoms with Crippen LogP contribution in [-0.2, 0) is 21.4 Å². The molecule has 7 nitrogen and oxygen atoms in total. The maximum Gasteiger partial charge on any atom is 0.251 e. The third-order valence-corrected chi connectivity index (χ3v) is 6.60. The fraction of sp³-hybridized carbons (Fsp3) is 0.368. The zero-order valence-electron chi connectivity index (χ0n) is 15.4. The van der Waals surface area contributed by atoms with Gasteiger partial charge in [-0.15, -0.1) is 0 Å². The monoisotopic (exact) mass is 389 g/mol. The Labute approximate surface area is 158 Å². The molecular weight excluding hydrogens is 366 g/mol. The Bertz CT molecular complexity index is 1000. The van der Waals surface area contributed by atoms with Gasteiger partial charge in [0, 0.05) is 31.0 Å². The van der Waals surface area contributed by atoms with Crippen molar-refractivity contribution in [1.82, 2.24) is 8.87 Å². The second-order valence-corrected chi connectivity index (χ2v) is 8.70. The number of carbonyl (C=O) groups excluding carboxylic acids is 1. The maximum absolute atomic E-state index is 12.7. The fourth-order valence-corrected chi connectivity index (χ4v) is 4.75. The summed E-state index contributed by atoms with van der Waals surface area (Å²) in [6, 6.07) is 8.17. The van der Waals surface area contributed by atoms with Crippen LogP contribution in [0.25, 0.3) is 0 Å². The molecule has 0 atom stereocenters. The van der Waals surface area contributed by atoms with Gasteiger partial charge < -0.3 is 9.88 Å². The molecule has 1 aromatic heterocycles. The van der Waals surface area contributed by atoms with Gasteiger partial charge in [0.25, 0.3) is 5.56 Å². The highest BCUT2D eigenvalue weighted by Gasteiger charge is 2.27. The van der Waals surface area contributed by atoms with Gasteiger partial charge in [0.1, 0.15) is 6.54 Å². The lowest BCUT2D eigenvalue weighted by Gasteiger charge is -2.16. The van der Waals surface area contributed by atoms with Crippen molar-refractivity contribution in [3.8, 4) is 0 Å². The van der Waals surface area contributed by atoms with E-state index in [1.807, 2.05) is 32.0 Å². The zero-order valence-corrected chi connectivity index (χ0v) is 16.3. The lowest BCUT2D eigenvalue weighted by atomic mass is 10.1. The number of para-hydroxylation sites is 1. The van der Waals surface area contributed by atoms with Crippen LogP contribution in [-0.4, -0.2) is 36.3 Å². The SMILES string of the molecule is Cc1cccc(C)c1NC(=O)Cn1cc(S(=O)(=O)N2CCCC2)ccc1=O. The van der Waals surface area contributed by atoms with Crippen molar-refractivity contribution in [3.05, 3.63) is 58.0 Å². The minimum atomic E-state index is -3.64. The Hall–Kier alpha value is -2.45. The van der Waals surface area contributed by atoms with E-state index in [4.69, 9.17) is 0 Å². The van der Waals surface area contributed by atoms with E-state index in [2.05, 4.69) is 5.32 Å². The van der Waals surface area contributed by atoms with E-state index in [9.17, 15) is 18.0 Å². The van der Waals surface area contributed by atoms with E-state index in [0.717, 1.165) is 28.5 Å². The molecule has 0 bridgehead atoms. The highest BCUT2D eigenvalue weighted by atomic mass is 32.2. The molecular formula is C19H23N3O4S. The lowest BCUT2D eigenvalue weighted by molar-refractivity contribution is -0.116. The fourth-order valence-electron chi connectivity index (χ4n) is 3.21. The van der Waals surface area contributed by atoms with Gasteiger partial charge in [-0.05, 0) is 43.9 Å². The normalized spacial score (nSPS) is 15.0. The first kappa shape index (κ1) is 19.3. The van der Waals surface area contributed by atoms with Gasteiger partial charge in [0.05, 0.1) is 4.90 Å². The second-order valence-electron chi connectivity index (χ2n) is 6.76. The summed E-state index contributed by atoms with van der Waals surface area (Å²) >= 11 is 0. The summed E-state index contributed by atoms with van der Waals surface area (Å²) < 4.78 is 27.9. The van der Waals surface area contributed by atoms with Crippen molar-refractivity contribution in [2.75, 3.05) is 18.4 Å². The van der Waals surface area contributed by atoms with Crippen molar-refractivity contribution < 1.29 is 13.2 Å². The summed E-state index contributed by atoms with van der Waals surface area (Å²) in [6.45, 7) is 4.48. The van der Waals surface area contributed by atoms with Crippen LogP contribution >= 0.6 is 0 Å². The number of carbonyl (C=O) groups is 1. The van der Waals surface area contributed by atoms with E-state index in [1.54, 1.807) is 0 Å². The number of hydrogen-bond acceptors (Lipinski definition) is 4. The smallest absolute Gasteiger partial charge is 0.251 e. The number of hydrogen-bond donors (Lipinski definition) is 1. The van der Waals surface area contributed by atoms with Gasteiger partial charge in [-0.1, -0.05) is 18.2 Å². The van der Waals surface area contributed by atoms with E-state index in [-0.39, 0.29) is 17.3 Å². The van der Waals surface area contributed by atoms with Crippen LogP contribution in [0.1, 0.15) is 24.0 Å². The average Bonchev–Trinajstić information content (AvgIpc) is 3.15. The van der Waals surface area contributed by atoms with Crippen LogP contribution in [0.4, 0.5) is 5.69 Å². The zero-order chi connectivity index (χ0) is 19.6. The van der Waals surface area contributed by atoms with Gasteiger partial charge in [-0.25, -0.2) is 8.42 Å². The predicted octanol–water partition coefficient (Wildman–Crippen LogP) is 1.89. The molecule has 1 amide bonds. The molecule has 3 rings (SSSR count). The number of amides is 1. The molecule has 8 heteroatoms. The molecule has 2 aromatic rings. The number of sulfonamides is 1. The summed E-state index contributed by atoms with van der Waals surface area (Å²) in [5, 5.41) is 2.81. The van der Waals surface area contributed by atoms with Crippen LogP contribution < -0.4 is 10.9 Å². The third-order valence-electron chi connectivity index (χ3n) is 4.72. The van der Waals surface area contributed by atoms with Crippen LogP contribution in [0.15, 0.2) is 46.2 Å². The number of nitrogens with one attached hydrogen (secondary N) is 1. The number of benzene rings is 1. The molecule has 1 N–H and O–H groups in total. The molecule has 1 aliphatic rings. The van der Waals surface area contributed by atoms with Gasteiger partial charge in [0.2, 0.25) is 15.9 Å². The number of pyridine rings is 1. The molecule has 0 saturated carbocycles. The summed E-state index contributed by atoms with van der Waals surface area (Å²) in [4.78, 5) is 24.6. The minimum absolute atomic E-state index is 0.0314. The molecule has 27 heavy (non-hydrogen) atoms. The topological polar surface area (TPSA) is 88.5 Å². The number of aryl methyl sites for hydroxylation is 2. The quantitative estimate of drug-likeness (QED) is 0.846. The van der Waals surface area contributed by atoms with Crippen molar-refractivity contribution in [3.63, 3.8) is 0 Å². The molecule has 0 radical (unpaired) electrons. The van der Waals surface area contributed by atoms with Crippen LogP contribution in [0.5, 0.6) is 0 Å². The van der Waals surface area contributed by atoms with E-state index in [1.165, 1.54) is 22.6 Å². The van der Waals surface area contributed by atoms with Crippen LogP contribution in [0.2, 0.25) is 0 Å². The van der Waals surface area contributed by atoms with Crippen LogP contribution in [0.3, 0.4) is 0 Å². The van der Waals surface area contributed by atoms with Crippen molar-refractivity contribution in [1.29, 1.82) is 0 Å². The first-order valence-corrected chi connectivity index (χ1v) is 10.3. The minimum Gasteiger partial charge on any atom is -0.324 e. The Kier molecular flexibility index (Phi) is 5.48. The standard InChI is InChI=1S/C19H23N3O4S/c1-14-6-5-7-15(2)19(14)20-17(23)13-21-12-16(8-9-18(21)24)27(25,26)22-10-3-4-11-22/h5-9,12H,3-4,10-11,13H2,1-2H3,(H,20,23). The Morgan fingerprint density at radius 3 is 2.33 bits per heavy atom. The molecule has 0 aliphatic carbocycles. The number of aromatic nitrogens is 1. The molecule has 1 aromatic carbocycles. The largest absolute Gasteiger partial charge is 0.324 e. The molecule has 1 saturated heterocycles. The van der Waals surface area contributed by atoms with Gasteiger partial charge in [-0.3, -0.25) is 9.59 Å². The Morgan fingerprint density at radius 2 is 1.70 bits per heavy atom. The lowest BCUT2D eigenvalue weighted by Crippen LogP contribution is -2.31. The number of nitrogens with zero attached hydrogens (tertiary/aromatic N) is 2. The highest BCUT2D eigenvalue weighted by molar-refractivity contribution is 7.89. The van der Waals surface area contributed by atoms with Gasteiger partial charge >= 0.3 is 0 Å². The van der Waals surface area contributed by atoms with E-state index in [0.29, 0.717) is 18.8 Å². The van der Waals surface area contributed by atoms with E-state index < -0.39 is 15.6 Å². The van der Waals surface area contributed by atoms with Crippen molar-refractivity contribution >= 4 is 21.6 Å². The Morgan fingerprint density at radius 1 is 1.07 bits per heavy atom. The van der Waals surface area contributed by atoms with Gasteiger partial charge in [0.15, 0.2) is 0 Å². The summed E-state index contributed by atoms with van der Waals surface area (Å²) in [7, 11) is -3.64. The van der Waals surface area contributed by atoms with Crippen LogP contribution in [0, 0.1) is 13.8 Å².